The van der Waals surface area contributed by atoms with Crippen LogP contribution in [-0.2, 0) is 43.1 Å². The number of carboxylic acid groups (broad SMARTS) is 8. The second-order valence-electron chi connectivity index (χ2n) is 5.50. The Labute approximate surface area is 181 Å². The molecule has 0 aromatic rings. The van der Waals surface area contributed by atoms with Crippen molar-refractivity contribution in [2.24, 2.45) is 0 Å². The third-order valence-electron chi connectivity index (χ3n) is 2.70. The molecule has 1 atom stereocenters. The van der Waals surface area contributed by atoms with Gasteiger partial charge in [0.1, 0.15) is 13.0 Å². The van der Waals surface area contributed by atoms with E-state index < -0.39 is 91.7 Å². The van der Waals surface area contributed by atoms with Gasteiger partial charge in [0.05, 0.1) is 19.3 Å². The molecule has 0 heterocycles. The van der Waals surface area contributed by atoms with Crippen LogP contribution < -0.4 is 0 Å². The van der Waals surface area contributed by atoms with Crippen LogP contribution in [0.5, 0.6) is 0 Å². The molecule has 0 saturated heterocycles. The summed E-state index contributed by atoms with van der Waals surface area (Å²) in [5.74, 6) is -12.9. The van der Waals surface area contributed by atoms with E-state index in [0.29, 0.717) is 0 Å². The van der Waals surface area contributed by atoms with Gasteiger partial charge < -0.3 is 50.7 Å². The molecule has 33 heavy (non-hydrogen) atoms. The Morgan fingerprint density at radius 3 is 1.12 bits per heavy atom. The van der Waals surface area contributed by atoms with Crippen LogP contribution in [-0.4, -0.2) is 112 Å². The summed E-state index contributed by atoms with van der Waals surface area (Å²) >= 11 is 0. The monoisotopic (exact) mass is 488 g/mol. The molecule has 9 N–H and O–H groups in total. The Hall–Kier alpha value is -4.32. The standard InChI is InChI=1S/C10H12O11.C3H4O4.C2H4O3/c11-5(12)1-4(8(17)18)21-10(9(19)20,2-6(13)14)3-7(15)16;4-2(5)1-3(6)7;3-1-2(4)5/h4H,1-3H2,(H,11,12)(H,13,14)(H,15,16)(H,17,18)(H,19,20);1H2,(H,4,5)(H,6,7);3H,1H2,(H,4,5). The smallest absolute Gasteiger partial charge is 0.337 e. The quantitative estimate of drug-likeness (QED) is 0.119. The molecular formula is C15H20O18. The predicted octanol–water partition coefficient (Wildman–Crippen LogP) is -2.69. The molecule has 18 nitrogen and oxygen atoms in total. The molecule has 0 aliphatic carbocycles. The van der Waals surface area contributed by atoms with Gasteiger partial charge >= 0.3 is 47.8 Å². The number of carboxylic acids is 8. The molecule has 0 spiro atoms. The van der Waals surface area contributed by atoms with Gasteiger partial charge in [0, 0.05) is 0 Å². The summed E-state index contributed by atoms with van der Waals surface area (Å²) in [7, 11) is 0. The van der Waals surface area contributed by atoms with Crippen molar-refractivity contribution in [2.75, 3.05) is 6.61 Å². The number of aliphatic hydroxyl groups is 1. The summed E-state index contributed by atoms with van der Waals surface area (Å²) in [6.45, 7) is -0.778. The lowest BCUT2D eigenvalue weighted by Gasteiger charge is -2.29. The lowest BCUT2D eigenvalue weighted by atomic mass is 9.94. The topological polar surface area (TPSA) is 328 Å². The van der Waals surface area contributed by atoms with Crippen LogP contribution in [0.2, 0.25) is 0 Å². The van der Waals surface area contributed by atoms with Gasteiger partial charge in [-0.05, 0) is 0 Å². The fourth-order valence-corrected chi connectivity index (χ4v) is 1.58. The van der Waals surface area contributed by atoms with Crippen molar-refractivity contribution in [3.05, 3.63) is 0 Å². The fourth-order valence-electron chi connectivity index (χ4n) is 1.58. The van der Waals surface area contributed by atoms with E-state index in [0.717, 1.165) is 0 Å². The Morgan fingerprint density at radius 2 is 0.970 bits per heavy atom. The molecule has 0 aromatic heterocycles. The molecule has 18 heteroatoms. The van der Waals surface area contributed by atoms with Gasteiger partial charge in [0.25, 0.3) is 0 Å². The maximum Gasteiger partial charge on any atom is 0.337 e. The minimum Gasteiger partial charge on any atom is -0.481 e. The van der Waals surface area contributed by atoms with Crippen LogP contribution >= 0.6 is 0 Å². The highest BCUT2D eigenvalue weighted by Crippen LogP contribution is 2.25. The van der Waals surface area contributed by atoms with E-state index in [-0.39, 0.29) is 0 Å². The Bertz CT molecular complexity index is 724. The molecule has 0 rings (SSSR count). The predicted molar refractivity (Wildman–Crippen MR) is 94.2 cm³/mol. The summed E-state index contributed by atoms with van der Waals surface area (Å²) in [5.41, 5.74) is -2.89. The van der Waals surface area contributed by atoms with Crippen molar-refractivity contribution in [2.45, 2.75) is 37.4 Å². The fraction of sp³-hybridized carbons (Fsp3) is 0.467. The molecular weight excluding hydrogens is 468 g/mol. The highest BCUT2D eigenvalue weighted by Gasteiger charge is 2.47. The van der Waals surface area contributed by atoms with Gasteiger partial charge in [0.15, 0.2) is 11.7 Å². The van der Waals surface area contributed by atoms with E-state index in [9.17, 15) is 33.6 Å². The molecule has 0 aliphatic heterocycles. The van der Waals surface area contributed by atoms with Crippen LogP contribution in [0, 0.1) is 0 Å². The van der Waals surface area contributed by atoms with E-state index >= 15 is 0 Å². The lowest BCUT2D eigenvalue weighted by molar-refractivity contribution is -0.194. The average molecular weight is 488 g/mol. The highest BCUT2D eigenvalue weighted by molar-refractivity contribution is 5.89. The van der Waals surface area contributed by atoms with E-state index in [1.165, 1.54) is 0 Å². The van der Waals surface area contributed by atoms with Crippen molar-refractivity contribution in [1.29, 1.82) is 0 Å². The Morgan fingerprint density at radius 1 is 0.606 bits per heavy atom. The molecule has 0 radical (unpaired) electrons. The molecule has 0 saturated carbocycles. The first-order chi connectivity index (χ1) is 14.9. The number of aliphatic carboxylic acids is 8. The molecule has 1 unspecified atom stereocenters. The van der Waals surface area contributed by atoms with E-state index in [4.69, 9.17) is 50.8 Å². The summed E-state index contributed by atoms with van der Waals surface area (Å²) in [5, 5.41) is 74.0. The number of aliphatic hydroxyl groups excluding tert-OH is 1. The van der Waals surface area contributed by atoms with Gasteiger partial charge in [-0.15, -0.1) is 0 Å². The minimum atomic E-state index is -2.89. The first kappa shape index (κ1) is 33.3. The van der Waals surface area contributed by atoms with Crippen molar-refractivity contribution in [3.8, 4) is 0 Å². The third-order valence-corrected chi connectivity index (χ3v) is 2.70. The number of carbonyl (C=O) groups is 8. The first-order valence-electron chi connectivity index (χ1n) is 7.95. The summed E-state index contributed by atoms with van der Waals surface area (Å²) in [6, 6.07) is 0. The maximum absolute atomic E-state index is 11.1. The highest BCUT2D eigenvalue weighted by atomic mass is 16.6. The van der Waals surface area contributed by atoms with Crippen LogP contribution in [0.3, 0.4) is 0 Å². The van der Waals surface area contributed by atoms with Crippen molar-refractivity contribution in [3.63, 3.8) is 0 Å². The van der Waals surface area contributed by atoms with Crippen molar-refractivity contribution >= 4 is 47.8 Å². The number of rotatable bonds is 13. The van der Waals surface area contributed by atoms with E-state index in [2.05, 4.69) is 4.74 Å². The van der Waals surface area contributed by atoms with Gasteiger partial charge in [0.2, 0.25) is 0 Å². The lowest BCUT2D eigenvalue weighted by Crippen LogP contribution is -2.49. The van der Waals surface area contributed by atoms with Gasteiger partial charge in [-0.1, -0.05) is 0 Å². The SMILES string of the molecule is O=C(O)CC(=O)O.O=C(O)CC(OC(CC(=O)O)(CC(=O)O)C(=O)O)C(=O)O.O=C(O)CO. The van der Waals surface area contributed by atoms with Crippen molar-refractivity contribution in [1.82, 2.24) is 0 Å². The molecule has 0 amide bonds. The zero-order valence-electron chi connectivity index (χ0n) is 16.3. The largest absolute Gasteiger partial charge is 0.481 e. The van der Waals surface area contributed by atoms with Crippen LogP contribution in [0.15, 0.2) is 0 Å². The Kier molecular flexibility index (Phi) is 16.5. The van der Waals surface area contributed by atoms with Gasteiger partial charge in [-0.2, -0.15) is 0 Å². The number of hydrogen-bond acceptors (Lipinski definition) is 10. The summed E-state index contributed by atoms with van der Waals surface area (Å²) < 4.78 is 4.55. The van der Waals surface area contributed by atoms with E-state index in [1.807, 2.05) is 0 Å². The van der Waals surface area contributed by atoms with Gasteiger partial charge in [-0.3, -0.25) is 24.0 Å². The average Bonchev–Trinajstić information content (AvgIpc) is 2.59. The zero-order chi connectivity index (χ0) is 26.9. The molecule has 0 bridgehead atoms. The van der Waals surface area contributed by atoms with Crippen molar-refractivity contribution < 1.29 is 89.1 Å². The van der Waals surface area contributed by atoms with E-state index in [1.54, 1.807) is 0 Å². The maximum atomic E-state index is 11.1. The molecule has 188 valence electrons. The van der Waals surface area contributed by atoms with Gasteiger partial charge in [-0.25, -0.2) is 14.4 Å². The number of ether oxygens (including phenoxy) is 1. The van der Waals surface area contributed by atoms with Crippen LogP contribution in [0.25, 0.3) is 0 Å². The summed E-state index contributed by atoms with van der Waals surface area (Å²) in [4.78, 5) is 81.8. The minimum absolute atomic E-state index is 0.778. The zero-order valence-corrected chi connectivity index (χ0v) is 16.3. The second-order valence-corrected chi connectivity index (χ2v) is 5.50. The van der Waals surface area contributed by atoms with Crippen LogP contribution in [0.1, 0.15) is 25.7 Å². The normalized spacial score (nSPS) is 10.7. The van der Waals surface area contributed by atoms with Crippen LogP contribution in [0.4, 0.5) is 0 Å². The molecule has 0 aliphatic rings. The number of hydrogen-bond donors (Lipinski definition) is 9. The second kappa shape index (κ2) is 16.4. The molecule has 0 fully saturated rings. The first-order valence-corrected chi connectivity index (χ1v) is 7.95. The third kappa shape index (κ3) is 19.4. The Balaban J connectivity index is -0.000000612. The molecule has 0 aromatic carbocycles. The summed E-state index contributed by atoms with van der Waals surface area (Å²) in [6.07, 6.45) is -6.88.